The van der Waals surface area contributed by atoms with Crippen LogP contribution in [0.25, 0.3) is 5.65 Å². The first-order valence-electron chi connectivity index (χ1n) is 10.1. The number of anilines is 3. The highest BCUT2D eigenvalue weighted by atomic mass is 35.5. The van der Waals surface area contributed by atoms with E-state index in [4.69, 9.17) is 11.6 Å². The molecule has 4 aromatic heterocycles. The van der Waals surface area contributed by atoms with Crippen LogP contribution in [-0.2, 0) is 13.0 Å². The zero-order valence-electron chi connectivity index (χ0n) is 17.4. The van der Waals surface area contributed by atoms with Gasteiger partial charge in [-0.1, -0.05) is 11.6 Å². The van der Waals surface area contributed by atoms with E-state index < -0.39 is 5.82 Å². The van der Waals surface area contributed by atoms with Gasteiger partial charge in [-0.05, 0) is 43.2 Å². The molecular weight excluding hydrogens is 433 g/mol. The van der Waals surface area contributed by atoms with Crippen molar-refractivity contribution in [3.8, 4) is 0 Å². The Morgan fingerprint density at radius 2 is 2.06 bits per heavy atom. The summed E-state index contributed by atoms with van der Waals surface area (Å²) in [6, 6.07) is 5.37. The minimum absolute atomic E-state index is 0.0667. The Balaban J connectivity index is 1.48. The summed E-state index contributed by atoms with van der Waals surface area (Å²) in [6.07, 6.45) is 5.11. The van der Waals surface area contributed by atoms with Gasteiger partial charge in [0.05, 0.1) is 29.5 Å². The van der Waals surface area contributed by atoms with Crippen molar-refractivity contribution in [2.75, 3.05) is 16.8 Å². The maximum Gasteiger partial charge on any atom is 0.293 e. The van der Waals surface area contributed by atoms with Crippen LogP contribution in [0.15, 0.2) is 41.6 Å². The Morgan fingerprint density at radius 1 is 1.22 bits per heavy atom. The lowest BCUT2D eigenvalue weighted by molar-refractivity contribution is 0.625. The first-order valence-corrected chi connectivity index (χ1v) is 10.4. The number of halogens is 2. The average molecular weight is 452 g/mol. The third-order valence-electron chi connectivity index (χ3n) is 5.48. The van der Waals surface area contributed by atoms with E-state index in [1.807, 2.05) is 19.1 Å². The van der Waals surface area contributed by atoms with E-state index >= 15 is 0 Å². The quantitative estimate of drug-likeness (QED) is 0.509. The van der Waals surface area contributed by atoms with E-state index in [1.54, 1.807) is 19.2 Å². The molecule has 0 atom stereocenters. The number of pyridine rings is 2. The molecule has 1 aliphatic rings. The van der Waals surface area contributed by atoms with Crippen LogP contribution in [0.2, 0.25) is 5.02 Å². The highest BCUT2D eigenvalue weighted by molar-refractivity contribution is 6.31. The van der Waals surface area contributed by atoms with Crippen molar-refractivity contribution >= 4 is 34.4 Å². The monoisotopic (exact) mass is 451 g/mol. The maximum atomic E-state index is 14.0. The molecule has 162 valence electrons. The summed E-state index contributed by atoms with van der Waals surface area (Å²) >= 11 is 6.10. The van der Waals surface area contributed by atoms with E-state index in [2.05, 4.69) is 30.3 Å². The number of hydrogen-bond donors (Lipinski definition) is 1. The third-order valence-corrected chi connectivity index (χ3v) is 5.92. The fourth-order valence-electron chi connectivity index (χ4n) is 3.86. The molecule has 1 aliphatic heterocycles. The van der Waals surface area contributed by atoms with Crippen molar-refractivity contribution < 1.29 is 4.39 Å². The second-order valence-corrected chi connectivity index (χ2v) is 8.10. The molecule has 0 aromatic carbocycles. The van der Waals surface area contributed by atoms with Crippen molar-refractivity contribution in [1.82, 2.24) is 24.6 Å². The maximum absolute atomic E-state index is 14.0. The van der Waals surface area contributed by atoms with E-state index in [-0.39, 0.29) is 10.6 Å². The van der Waals surface area contributed by atoms with Crippen molar-refractivity contribution in [2.45, 2.75) is 26.8 Å². The molecule has 0 amide bonds. The van der Waals surface area contributed by atoms with E-state index in [9.17, 15) is 9.18 Å². The second kappa shape index (κ2) is 7.83. The zero-order valence-corrected chi connectivity index (χ0v) is 18.2. The zero-order chi connectivity index (χ0) is 22.4. The van der Waals surface area contributed by atoms with Gasteiger partial charge in [-0.3, -0.25) is 14.8 Å². The van der Waals surface area contributed by atoms with Gasteiger partial charge < -0.3 is 10.2 Å². The van der Waals surface area contributed by atoms with Crippen molar-refractivity contribution in [2.24, 2.45) is 0 Å². The number of hydrogen-bond acceptors (Lipinski definition) is 7. The molecule has 10 heteroatoms. The van der Waals surface area contributed by atoms with Gasteiger partial charge in [-0.15, -0.1) is 5.10 Å². The molecule has 0 spiro atoms. The summed E-state index contributed by atoms with van der Waals surface area (Å²) in [6.45, 7) is 4.89. The van der Waals surface area contributed by atoms with E-state index in [0.29, 0.717) is 41.6 Å². The molecule has 5 rings (SSSR count). The Kier molecular flexibility index (Phi) is 4.97. The molecule has 0 saturated heterocycles. The molecule has 0 saturated carbocycles. The van der Waals surface area contributed by atoms with Crippen LogP contribution in [0.1, 0.15) is 22.5 Å². The van der Waals surface area contributed by atoms with Gasteiger partial charge in [-0.2, -0.15) is 4.52 Å². The van der Waals surface area contributed by atoms with Gasteiger partial charge in [0.15, 0.2) is 17.3 Å². The lowest BCUT2D eigenvalue weighted by Crippen LogP contribution is -2.33. The van der Waals surface area contributed by atoms with Gasteiger partial charge in [0, 0.05) is 31.4 Å². The lowest BCUT2D eigenvalue weighted by atomic mass is 10.0. The van der Waals surface area contributed by atoms with Crippen LogP contribution >= 0.6 is 11.6 Å². The SMILES string of the molecule is Cc1cc2nc(C)c(Cl)c(=O)n2nc1N1CCc2ncc(Nc3ccncc3F)cc2C1. The summed E-state index contributed by atoms with van der Waals surface area (Å²) in [5.74, 6) is 0.251. The highest BCUT2D eigenvalue weighted by Crippen LogP contribution is 2.28. The van der Waals surface area contributed by atoms with Crippen LogP contribution in [-0.4, -0.2) is 31.1 Å². The number of nitrogens with one attached hydrogen (secondary N) is 1. The predicted molar refractivity (Wildman–Crippen MR) is 120 cm³/mol. The van der Waals surface area contributed by atoms with Crippen LogP contribution in [0.4, 0.5) is 21.6 Å². The van der Waals surface area contributed by atoms with Gasteiger partial charge >= 0.3 is 0 Å². The number of rotatable bonds is 3. The molecule has 0 radical (unpaired) electrons. The summed E-state index contributed by atoms with van der Waals surface area (Å²) in [5, 5.41) is 7.68. The molecule has 5 heterocycles. The third kappa shape index (κ3) is 3.54. The molecule has 0 aliphatic carbocycles. The number of nitrogens with zero attached hydrogens (tertiary/aromatic N) is 6. The molecule has 8 nitrogen and oxygen atoms in total. The smallest absolute Gasteiger partial charge is 0.293 e. The van der Waals surface area contributed by atoms with Crippen LogP contribution < -0.4 is 15.8 Å². The summed E-state index contributed by atoms with van der Waals surface area (Å²) in [4.78, 5) is 27.4. The predicted octanol–water partition coefficient (Wildman–Crippen LogP) is 3.60. The summed E-state index contributed by atoms with van der Waals surface area (Å²) < 4.78 is 15.2. The van der Waals surface area contributed by atoms with Crippen molar-refractivity contribution in [3.63, 3.8) is 0 Å². The van der Waals surface area contributed by atoms with E-state index in [0.717, 1.165) is 29.4 Å². The standard InChI is InChI=1S/C22H19ClFN7O/c1-12-7-19-27-13(2)20(23)22(32)31(19)29-21(12)30-6-4-17-14(11-30)8-15(9-26-17)28-18-3-5-25-10-16(18)24/h3,5,7-10H,4,6,11H2,1-2H3,(H,25,28). The number of aryl methyl sites for hydroxylation is 2. The Morgan fingerprint density at radius 3 is 2.88 bits per heavy atom. The molecule has 4 aromatic rings. The van der Waals surface area contributed by atoms with Gasteiger partial charge in [0.25, 0.3) is 5.56 Å². The summed E-state index contributed by atoms with van der Waals surface area (Å²) in [7, 11) is 0. The molecule has 1 N–H and O–H groups in total. The number of aromatic nitrogens is 5. The molecular formula is C22H19ClFN7O. The van der Waals surface area contributed by atoms with E-state index in [1.165, 1.54) is 10.7 Å². The summed E-state index contributed by atoms with van der Waals surface area (Å²) in [5.41, 5.74) is 4.46. The molecule has 32 heavy (non-hydrogen) atoms. The molecule has 0 bridgehead atoms. The van der Waals surface area contributed by atoms with Crippen LogP contribution in [0.3, 0.4) is 0 Å². The minimum atomic E-state index is -0.434. The first-order chi connectivity index (χ1) is 15.4. The largest absolute Gasteiger partial charge is 0.352 e. The van der Waals surface area contributed by atoms with Crippen molar-refractivity contribution in [1.29, 1.82) is 0 Å². The van der Waals surface area contributed by atoms with Crippen molar-refractivity contribution in [3.05, 3.63) is 80.5 Å². The highest BCUT2D eigenvalue weighted by Gasteiger charge is 2.22. The van der Waals surface area contributed by atoms with Crippen LogP contribution in [0, 0.1) is 19.7 Å². The normalized spacial score (nSPS) is 13.3. The Hall–Kier alpha value is -3.59. The topological polar surface area (TPSA) is 88.3 Å². The van der Waals surface area contributed by atoms with Gasteiger partial charge in [0.2, 0.25) is 0 Å². The Labute approximate surface area is 187 Å². The average Bonchev–Trinajstić information content (AvgIpc) is 2.78. The van der Waals surface area contributed by atoms with Gasteiger partial charge in [0.1, 0.15) is 5.02 Å². The Bertz CT molecular complexity index is 1420. The molecule has 0 unspecified atom stereocenters. The lowest BCUT2D eigenvalue weighted by Gasteiger charge is -2.30. The second-order valence-electron chi connectivity index (χ2n) is 7.72. The number of fused-ring (bicyclic) bond motifs is 2. The fourth-order valence-corrected chi connectivity index (χ4v) is 3.98. The first kappa shape index (κ1) is 20.3. The minimum Gasteiger partial charge on any atom is -0.352 e. The van der Waals surface area contributed by atoms with Crippen LogP contribution in [0.5, 0.6) is 0 Å². The molecule has 0 fully saturated rings. The van der Waals surface area contributed by atoms with Gasteiger partial charge in [-0.25, -0.2) is 9.37 Å². The fraction of sp³-hybridized carbons (Fsp3) is 0.227.